The third-order valence-corrected chi connectivity index (χ3v) is 9.79. The predicted molar refractivity (Wildman–Crippen MR) is 187 cm³/mol. The van der Waals surface area contributed by atoms with E-state index < -0.39 is 15.8 Å². The fraction of sp³-hybridized carbons (Fsp3) is 0.459. The molecule has 0 unspecified atom stereocenters. The molecule has 3 aromatic carbocycles. The van der Waals surface area contributed by atoms with Gasteiger partial charge >= 0.3 is 6.09 Å². The van der Waals surface area contributed by atoms with Gasteiger partial charge in [0.05, 0.1) is 18.0 Å². The number of cyclic esters (lactones) is 1. The molecule has 5 rings (SSSR count). The van der Waals surface area contributed by atoms with Crippen LogP contribution in [0.25, 0.3) is 0 Å². The fourth-order valence-electron chi connectivity index (χ4n) is 5.82. The lowest BCUT2D eigenvalue weighted by Crippen LogP contribution is -2.35. The van der Waals surface area contributed by atoms with Crippen LogP contribution in [0.5, 0.6) is 5.75 Å². The van der Waals surface area contributed by atoms with E-state index in [2.05, 4.69) is 10.0 Å². The number of anilines is 2. The van der Waals surface area contributed by atoms with Crippen molar-refractivity contribution in [2.24, 2.45) is 0 Å². The Morgan fingerprint density at radius 2 is 1.67 bits per heavy atom. The van der Waals surface area contributed by atoms with Crippen molar-refractivity contribution in [2.45, 2.75) is 89.1 Å². The number of unbranched alkanes of at least 4 members (excludes halogenated alkanes) is 4. The van der Waals surface area contributed by atoms with Crippen molar-refractivity contribution in [3.8, 4) is 5.75 Å². The number of rotatable bonds is 17. The smallest absolute Gasteiger partial charge is 0.410 e. The fourth-order valence-corrected chi connectivity index (χ4v) is 6.95. The number of nitrogens with zero attached hydrogens (tertiary/aromatic N) is 1. The normalized spacial score (nSPS) is 16.8. The Labute approximate surface area is 289 Å². The number of aryl methyl sites for hydroxylation is 1. The highest BCUT2D eigenvalue weighted by Gasteiger charge is 2.33. The number of benzene rings is 3. The molecule has 2 aliphatic heterocycles. The first-order chi connectivity index (χ1) is 23.5. The third kappa shape index (κ3) is 10.7. The lowest BCUT2D eigenvalue weighted by Gasteiger charge is -2.32. The highest BCUT2D eigenvalue weighted by Crippen LogP contribution is 2.35. The molecule has 0 bridgehead atoms. The summed E-state index contributed by atoms with van der Waals surface area (Å²) in [6, 6.07) is 19.4. The van der Waals surface area contributed by atoms with E-state index in [1.807, 2.05) is 38.1 Å². The number of carbonyl (C=O) groups is 2. The maximum Gasteiger partial charge on any atom is 0.410 e. The average Bonchev–Trinajstić information content (AvgIpc) is 3.43. The number of carbonyl (C=O) groups excluding carboxylic acids is 2. The first-order valence-corrected chi connectivity index (χ1v) is 18.4. The zero-order chi connectivity index (χ0) is 34.9. The van der Waals surface area contributed by atoms with E-state index in [0.29, 0.717) is 44.3 Å². The minimum atomic E-state index is -3.75. The van der Waals surface area contributed by atoms with Crippen LogP contribution < -0.4 is 14.8 Å². The summed E-state index contributed by atoms with van der Waals surface area (Å²) in [5.74, 6) is -0.0299. The number of nitrogens with one attached hydrogen (secondary N) is 2. The molecule has 1 saturated heterocycles. The average molecular weight is 694 g/mol. The zero-order valence-electron chi connectivity index (χ0n) is 28.5. The molecule has 2 heterocycles. The van der Waals surface area contributed by atoms with Crippen molar-refractivity contribution in [3.05, 3.63) is 83.4 Å². The maximum atomic E-state index is 12.9. The van der Waals surface area contributed by atoms with Gasteiger partial charge in [-0.15, -0.1) is 0 Å². The summed E-state index contributed by atoms with van der Waals surface area (Å²) in [6.45, 7) is 8.23. The van der Waals surface area contributed by atoms with Gasteiger partial charge in [-0.3, -0.25) is 9.52 Å². The first kappa shape index (κ1) is 36.2. The second-order valence-electron chi connectivity index (χ2n) is 13.0. The van der Waals surface area contributed by atoms with Crippen LogP contribution in [0.4, 0.5) is 16.2 Å². The summed E-state index contributed by atoms with van der Waals surface area (Å²) in [7, 11) is -3.75. The number of ether oxygens (including phenoxy) is 4. The molecule has 0 aromatic heterocycles. The molecule has 2 aliphatic rings. The van der Waals surface area contributed by atoms with Crippen molar-refractivity contribution < 1.29 is 37.0 Å². The SMILES string of the molecule is CC(=O)Nc1ccc(NS(=O)(=O)c2cccc(CCCCOCCCCCCN3C[C@@H](c4ccc5c(c4)COC(C)(C)O5)OC3=O)c2)cc1. The molecule has 0 spiro atoms. The van der Waals surface area contributed by atoms with Crippen molar-refractivity contribution in [3.63, 3.8) is 0 Å². The highest BCUT2D eigenvalue weighted by molar-refractivity contribution is 7.92. The van der Waals surface area contributed by atoms with Crippen LogP contribution in [0, 0.1) is 0 Å². The molecule has 3 aromatic rings. The van der Waals surface area contributed by atoms with Crippen LogP contribution in [-0.4, -0.2) is 57.4 Å². The van der Waals surface area contributed by atoms with Gasteiger partial charge in [-0.25, -0.2) is 13.2 Å². The summed E-state index contributed by atoms with van der Waals surface area (Å²) in [4.78, 5) is 25.7. The predicted octanol–water partition coefficient (Wildman–Crippen LogP) is 7.18. The van der Waals surface area contributed by atoms with Gasteiger partial charge in [0.25, 0.3) is 10.0 Å². The van der Waals surface area contributed by atoms with E-state index in [1.165, 1.54) is 6.92 Å². The van der Waals surface area contributed by atoms with E-state index in [4.69, 9.17) is 18.9 Å². The minimum Gasteiger partial charge on any atom is -0.463 e. The quantitative estimate of drug-likeness (QED) is 0.142. The number of hydrogen-bond donors (Lipinski definition) is 2. The Bertz CT molecular complexity index is 1690. The van der Waals surface area contributed by atoms with Gasteiger partial charge in [0, 0.05) is 57.5 Å². The Kier molecular flexibility index (Phi) is 12.2. The summed E-state index contributed by atoms with van der Waals surface area (Å²) in [5.41, 5.74) is 3.88. The largest absolute Gasteiger partial charge is 0.463 e. The van der Waals surface area contributed by atoms with Crippen molar-refractivity contribution in [1.82, 2.24) is 4.90 Å². The van der Waals surface area contributed by atoms with E-state index in [-0.39, 0.29) is 23.0 Å². The van der Waals surface area contributed by atoms with Crippen LogP contribution in [0.15, 0.2) is 71.6 Å². The summed E-state index contributed by atoms with van der Waals surface area (Å²) in [6.07, 6.45) is 5.89. The standard InChI is InChI=1S/C37H47N3O8S/c1-27(41)38-31-15-17-32(18-16-31)39-49(43,44)33-13-10-12-28(23-33)11-6-9-22-45-21-8-5-4-7-20-40-25-35(47-36(40)42)29-14-19-34-30(24-29)26-46-37(2,3)48-34/h10,12-19,23-24,35,39H,4-9,11,20-22,25-26H2,1-3H3,(H,38,41)/t35-/m0/s1. The van der Waals surface area contributed by atoms with E-state index >= 15 is 0 Å². The Balaban J connectivity index is 0.916. The molecule has 2 N–H and O–H groups in total. The zero-order valence-corrected chi connectivity index (χ0v) is 29.4. The van der Waals surface area contributed by atoms with Crippen molar-refractivity contribution in [1.29, 1.82) is 0 Å². The molecule has 12 heteroatoms. The summed E-state index contributed by atoms with van der Waals surface area (Å²) in [5, 5.41) is 2.66. The van der Waals surface area contributed by atoms with Crippen LogP contribution >= 0.6 is 0 Å². The molecule has 11 nitrogen and oxygen atoms in total. The van der Waals surface area contributed by atoms with E-state index in [0.717, 1.165) is 67.4 Å². The number of sulfonamides is 1. The molecular formula is C37H47N3O8S. The van der Waals surface area contributed by atoms with Gasteiger partial charge in [-0.05, 0) is 91.8 Å². The monoisotopic (exact) mass is 693 g/mol. The first-order valence-electron chi connectivity index (χ1n) is 17.0. The van der Waals surface area contributed by atoms with Crippen LogP contribution in [0.1, 0.15) is 82.1 Å². The van der Waals surface area contributed by atoms with Gasteiger partial charge < -0.3 is 29.2 Å². The number of hydrogen-bond acceptors (Lipinski definition) is 8. The van der Waals surface area contributed by atoms with E-state index in [1.54, 1.807) is 47.4 Å². The molecule has 1 fully saturated rings. The molecule has 2 amide bonds. The van der Waals surface area contributed by atoms with Crippen LogP contribution in [0.3, 0.4) is 0 Å². The lowest BCUT2D eigenvalue weighted by atomic mass is 10.0. The number of fused-ring (bicyclic) bond motifs is 1. The molecule has 264 valence electrons. The van der Waals surface area contributed by atoms with Crippen molar-refractivity contribution >= 4 is 33.4 Å². The van der Waals surface area contributed by atoms with E-state index in [9.17, 15) is 18.0 Å². The van der Waals surface area contributed by atoms with Gasteiger partial charge in [-0.2, -0.15) is 0 Å². The summed E-state index contributed by atoms with van der Waals surface area (Å²) >= 11 is 0. The highest BCUT2D eigenvalue weighted by atomic mass is 32.2. The molecular weight excluding hydrogens is 646 g/mol. The van der Waals surface area contributed by atoms with Gasteiger partial charge in [0.2, 0.25) is 11.7 Å². The molecule has 0 saturated carbocycles. The molecule has 0 radical (unpaired) electrons. The lowest BCUT2D eigenvalue weighted by molar-refractivity contribution is -0.180. The Hall–Kier alpha value is -4.13. The van der Waals surface area contributed by atoms with Gasteiger partial charge in [0.1, 0.15) is 11.9 Å². The van der Waals surface area contributed by atoms with Crippen LogP contribution in [0.2, 0.25) is 0 Å². The third-order valence-electron chi connectivity index (χ3n) is 8.41. The molecule has 1 atom stereocenters. The van der Waals surface area contributed by atoms with Crippen molar-refractivity contribution in [2.75, 3.05) is 36.3 Å². The Morgan fingerprint density at radius 3 is 2.45 bits per heavy atom. The minimum absolute atomic E-state index is 0.193. The molecule has 49 heavy (non-hydrogen) atoms. The second kappa shape index (κ2) is 16.5. The summed E-state index contributed by atoms with van der Waals surface area (Å²) < 4.78 is 51.6. The number of amides is 2. The van der Waals surface area contributed by atoms with Gasteiger partial charge in [0.15, 0.2) is 0 Å². The topological polar surface area (TPSA) is 133 Å². The van der Waals surface area contributed by atoms with Gasteiger partial charge in [-0.1, -0.05) is 31.0 Å². The second-order valence-corrected chi connectivity index (χ2v) is 14.7. The molecule has 0 aliphatic carbocycles. The maximum absolute atomic E-state index is 12.9. The Morgan fingerprint density at radius 1 is 0.939 bits per heavy atom. The van der Waals surface area contributed by atoms with Crippen LogP contribution in [-0.2, 0) is 42.1 Å².